The highest BCUT2D eigenvalue weighted by Gasteiger charge is 2.24. The largest absolute Gasteiger partial charge is 0.382 e. The Kier molecular flexibility index (Phi) is 2.91. The number of halogens is 1. The lowest BCUT2D eigenvalue weighted by Crippen LogP contribution is -2.23. The zero-order valence-electron chi connectivity index (χ0n) is 10.2. The zero-order chi connectivity index (χ0) is 13.2. The van der Waals surface area contributed by atoms with Gasteiger partial charge in [0.2, 0.25) is 5.91 Å². The molecule has 0 radical (unpaired) electrons. The summed E-state index contributed by atoms with van der Waals surface area (Å²) in [6, 6.07) is 13.9. The maximum atomic E-state index is 13.2. The van der Waals surface area contributed by atoms with Crippen molar-refractivity contribution >= 4 is 17.3 Å². The van der Waals surface area contributed by atoms with Crippen molar-refractivity contribution in [2.75, 3.05) is 17.2 Å². The van der Waals surface area contributed by atoms with Crippen LogP contribution in [0, 0.1) is 5.82 Å². The second-order valence-electron chi connectivity index (χ2n) is 4.52. The first-order chi connectivity index (χ1) is 9.24. The third-order valence-corrected chi connectivity index (χ3v) is 3.25. The quantitative estimate of drug-likeness (QED) is 0.823. The van der Waals surface area contributed by atoms with Crippen LogP contribution in [0.25, 0.3) is 0 Å². The molecule has 0 bridgehead atoms. The van der Waals surface area contributed by atoms with E-state index in [1.807, 2.05) is 30.3 Å². The maximum Gasteiger partial charge on any atom is 0.233 e. The maximum absolute atomic E-state index is 13.2. The minimum atomic E-state index is -0.362. The molecule has 0 saturated heterocycles. The van der Waals surface area contributed by atoms with Gasteiger partial charge in [-0.2, -0.15) is 0 Å². The standard InChI is InChI=1S/C15H13FN2O/c16-11-6-7-13-14(8-11)18-15(19)12(9-17-13)10-4-2-1-3-5-10/h1-8,12,17H,9H2,(H,18,19). The summed E-state index contributed by atoms with van der Waals surface area (Å²) in [4.78, 5) is 12.2. The van der Waals surface area contributed by atoms with Gasteiger partial charge in [-0.25, -0.2) is 4.39 Å². The van der Waals surface area contributed by atoms with Gasteiger partial charge in [0.25, 0.3) is 0 Å². The normalized spacial score (nSPS) is 17.9. The molecular weight excluding hydrogens is 243 g/mol. The minimum Gasteiger partial charge on any atom is -0.382 e. The Balaban J connectivity index is 1.93. The van der Waals surface area contributed by atoms with Crippen LogP contribution in [-0.2, 0) is 4.79 Å². The fraction of sp³-hybridized carbons (Fsp3) is 0.133. The van der Waals surface area contributed by atoms with E-state index in [9.17, 15) is 9.18 Å². The van der Waals surface area contributed by atoms with Crippen LogP contribution in [0.2, 0.25) is 0 Å². The number of carbonyl (C=O) groups excluding carboxylic acids is 1. The number of hydrogen-bond donors (Lipinski definition) is 2. The molecule has 1 atom stereocenters. The summed E-state index contributed by atoms with van der Waals surface area (Å²) in [6.07, 6.45) is 0. The molecule has 3 rings (SSSR count). The van der Waals surface area contributed by atoms with E-state index in [1.54, 1.807) is 6.07 Å². The van der Waals surface area contributed by atoms with Gasteiger partial charge in [0.05, 0.1) is 17.3 Å². The van der Waals surface area contributed by atoms with Gasteiger partial charge in [0.15, 0.2) is 0 Å². The van der Waals surface area contributed by atoms with Gasteiger partial charge >= 0.3 is 0 Å². The summed E-state index contributed by atoms with van der Waals surface area (Å²) in [7, 11) is 0. The van der Waals surface area contributed by atoms with Gasteiger partial charge in [0.1, 0.15) is 5.82 Å². The van der Waals surface area contributed by atoms with Crippen molar-refractivity contribution in [3.8, 4) is 0 Å². The highest BCUT2D eigenvalue weighted by atomic mass is 19.1. The summed E-state index contributed by atoms with van der Waals surface area (Å²) < 4.78 is 13.2. The van der Waals surface area contributed by atoms with Crippen LogP contribution in [0.1, 0.15) is 11.5 Å². The van der Waals surface area contributed by atoms with Crippen LogP contribution in [0.5, 0.6) is 0 Å². The molecule has 3 nitrogen and oxygen atoms in total. The van der Waals surface area contributed by atoms with Crippen molar-refractivity contribution in [1.29, 1.82) is 0 Å². The summed E-state index contributed by atoms with van der Waals surface area (Å²) in [5.41, 5.74) is 2.18. The molecule has 1 aliphatic rings. The molecular formula is C15H13FN2O. The van der Waals surface area contributed by atoms with E-state index in [0.29, 0.717) is 12.2 Å². The summed E-state index contributed by atoms with van der Waals surface area (Å²) >= 11 is 0. The van der Waals surface area contributed by atoms with E-state index in [-0.39, 0.29) is 17.6 Å². The molecule has 0 saturated carbocycles. The molecule has 1 aliphatic heterocycles. The van der Waals surface area contributed by atoms with Crippen molar-refractivity contribution in [2.24, 2.45) is 0 Å². The Bertz CT molecular complexity index is 613. The van der Waals surface area contributed by atoms with Crippen LogP contribution in [-0.4, -0.2) is 12.5 Å². The Morgan fingerprint density at radius 3 is 2.63 bits per heavy atom. The fourth-order valence-corrected chi connectivity index (χ4v) is 2.25. The highest BCUT2D eigenvalue weighted by molar-refractivity contribution is 6.00. The Morgan fingerprint density at radius 2 is 1.84 bits per heavy atom. The summed E-state index contributed by atoms with van der Waals surface area (Å²) in [5, 5.41) is 5.95. The van der Waals surface area contributed by atoms with Crippen LogP contribution < -0.4 is 10.6 Å². The first-order valence-corrected chi connectivity index (χ1v) is 6.13. The molecule has 96 valence electrons. The average Bonchev–Trinajstić information content (AvgIpc) is 2.57. The highest BCUT2D eigenvalue weighted by Crippen LogP contribution is 2.29. The van der Waals surface area contributed by atoms with Crippen molar-refractivity contribution < 1.29 is 9.18 Å². The lowest BCUT2D eigenvalue weighted by atomic mass is 9.98. The van der Waals surface area contributed by atoms with Crippen LogP contribution in [0.3, 0.4) is 0 Å². The van der Waals surface area contributed by atoms with Gasteiger partial charge in [-0.3, -0.25) is 4.79 Å². The van der Waals surface area contributed by atoms with Gasteiger partial charge in [-0.15, -0.1) is 0 Å². The number of benzene rings is 2. The van der Waals surface area contributed by atoms with Crippen LogP contribution in [0.15, 0.2) is 48.5 Å². The average molecular weight is 256 g/mol. The lowest BCUT2D eigenvalue weighted by Gasteiger charge is -2.13. The van der Waals surface area contributed by atoms with Crippen molar-refractivity contribution in [1.82, 2.24) is 0 Å². The summed E-state index contributed by atoms with van der Waals surface area (Å²) in [6.45, 7) is 0.495. The molecule has 2 aromatic rings. The van der Waals surface area contributed by atoms with Gasteiger partial charge in [-0.05, 0) is 23.8 Å². The molecule has 0 aromatic heterocycles. The third-order valence-electron chi connectivity index (χ3n) is 3.25. The van der Waals surface area contributed by atoms with Crippen LogP contribution in [0.4, 0.5) is 15.8 Å². The van der Waals surface area contributed by atoms with E-state index >= 15 is 0 Å². The third kappa shape index (κ3) is 2.29. The van der Waals surface area contributed by atoms with E-state index < -0.39 is 0 Å². The first-order valence-electron chi connectivity index (χ1n) is 6.13. The fourth-order valence-electron chi connectivity index (χ4n) is 2.25. The monoisotopic (exact) mass is 256 g/mol. The van der Waals surface area contributed by atoms with E-state index in [4.69, 9.17) is 0 Å². The SMILES string of the molecule is O=C1Nc2cc(F)ccc2NCC1c1ccccc1. The molecule has 19 heavy (non-hydrogen) atoms. The molecule has 0 fully saturated rings. The van der Waals surface area contributed by atoms with E-state index in [2.05, 4.69) is 10.6 Å². The second-order valence-corrected chi connectivity index (χ2v) is 4.52. The number of hydrogen-bond acceptors (Lipinski definition) is 2. The lowest BCUT2D eigenvalue weighted by molar-refractivity contribution is -0.117. The van der Waals surface area contributed by atoms with Crippen molar-refractivity contribution in [3.63, 3.8) is 0 Å². The molecule has 2 aromatic carbocycles. The Morgan fingerprint density at radius 1 is 1.05 bits per heavy atom. The molecule has 2 N–H and O–H groups in total. The van der Waals surface area contributed by atoms with Gasteiger partial charge < -0.3 is 10.6 Å². The number of rotatable bonds is 1. The number of nitrogens with one attached hydrogen (secondary N) is 2. The number of amides is 1. The molecule has 1 unspecified atom stereocenters. The Hall–Kier alpha value is -2.36. The number of carbonyl (C=O) groups is 1. The zero-order valence-corrected chi connectivity index (χ0v) is 10.2. The molecule has 4 heteroatoms. The first kappa shape index (κ1) is 11.7. The smallest absolute Gasteiger partial charge is 0.233 e. The predicted octanol–water partition coefficient (Wildman–Crippen LogP) is 2.97. The topological polar surface area (TPSA) is 41.1 Å². The molecule has 1 heterocycles. The van der Waals surface area contributed by atoms with Crippen LogP contribution >= 0.6 is 0 Å². The Labute approximate surface area is 110 Å². The summed E-state index contributed by atoms with van der Waals surface area (Å²) in [5.74, 6) is -0.765. The van der Waals surface area contributed by atoms with Gasteiger partial charge in [0, 0.05) is 6.54 Å². The molecule has 0 spiro atoms. The molecule has 0 aliphatic carbocycles. The van der Waals surface area contributed by atoms with Crippen molar-refractivity contribution in [2.45, 2.75) is 5.92 Å². The van der Waals surface area contributed by atoms with Crippen molar-refractivity contribution in [3.05, 3.63) is 59.9 Å². The number of fused-ring (bicyclic) bond motifs is 1. The minimum absolute atomic E-state index is 0.122. The van der Waals surface area contributed by atoms with E-state index in [1.165, 1.54) is 12.1 Å². The van der Waals surface area contributed by atoms with Gasteiger partial charge in [-0.1, -0.05) is 30.3 Å². The van der Waals surface area contributed by atoms with E-state index in [0.717, 1.165) is 11.3 Å². The number of anilines is 2. The molecule has 1 amide bonds. The second kappa shape index (κ2) is 4.72. The predicted molar refractivity (Wildman–Crippen MR) is 72.7 cm³/mol.